The number of nitrogens with one attached hydrogen (secondary N) is 1. The lowest BCUT2D eigenvalue weighted by Crippen LogP contribution is -2.37. The molecule has 0 radical (unpaired) electrons. The summed E-state index contributed by atoms with van der Waals surface area (Å²) in [5, 5.41) is 4.55. The van der Waals surface area contributed by atoms with E-state index in [1.54, 1.807) is 42.0 Å². The summed E-state index contributed by atoms with van der Waals surface area (Å²) < 4.78 is 64.5. The van der Waals surface area contributed by atoms with Gasteiger partial charge in [-0.3, -0.25) is 9.69 Å². The second kappa shape index (κ2) is 9.98. The number of alkyl halides is 3. The predicted molar refractivity (Wildman–Crippen MR) is 141 cm³/mol. The minimum atomic E-state index is -4.26. The van der Waals surface area contributed by atoms with Crippen LogP contribution in [0.1, 0.15) is 36.2 Å². The highest BCUT2D eigenvalue weighted by molar-refractivity contribution is 7.90. The van der Waals surface area contributed by atoms with Gasteiger partial charge in [-0.25, -0.2) is 8.42 Å². The van der Waals surface area contributed by atoms with Gasteiger partial charge in [-0.05, 0) is 66.6 Å². The molecule has 2 heterocycles. The quantitative estimate of drug-likeness (QED) is 0.479. The van der Waals surface area contributed by atoms with E-state index in [1.807, 2.05) is 32.0 Å². The lowest BCUT2D eigenvalue weighted by molar-refractivity contribution is -0.144. The van der Waals surface area contributed by atoms with E-state index in [0.29, 0.717) is 23.2 Å². The normalized spacial score (nSPS) is 16.0. The molecule has 1 aromatic heterocycles. The van der Waals surface area contributed by atoms with Gasteiger partial charge in [0.05, 0.1) is 17.1 Å². The summed E-state index contributed by atoms with van der Waals surface area (Å²) in [7, 11) is -1.79. The zero-order valence-corrected chi connectivity index (χ0v) is 22.0. The molecule has 1 atom stereocenters. The molecule has 3 aromatic rings. The maximum absolute atomic E-state index is 13.4. The van der Waals surface area contributed by atoms with Gasteiger partial charge in [0.1, 0.15) is 0 Å². The fraction of sp³-hybridized carbons (Fsp3) is 0.370. The molecule has 0 fully saturated rings. The van der Waals surface area contributed by atoms with Crippen LogP contribution in [0.3, 0.4) is 0 Å². The molecule has 2 aromatic carbocycles. The van der Waals surface area contributed by atoms with Gasteiger partial charge in [0.25, 0.3) is 5.56 Å². The highest BCUT2D eigenvalue weighted by atomic mass is 32.2. The monoisotopic (exact) mass is 533 g/mol. The van der Waals surface area contributed by atoms with Crippen LogP contribution in [-0.2, 0) is 16.9 Å². The van der Waals surface area contributed by atoms with Crippen molar-refractivity contribution in [2.75, 3.05) is 31.2 Å². The molecule has 1 N–H and O–H groups in total. The van der Waals surface area contributed by atoms with Crippen LogP contribution in [0.5, 0.6) is 0 Å². The summed E-state index contributed by atoms with van der Waals surface area (Å²) in [5.41, 5.74) is 3.48. The smallest absolute Gasteiger partial charge is 0.377 e. The summed E-state index contributed by atoms with van der Waals surface area (Å²) in [6.45, 7) is 3.24. The van der Waals surface area contributed by atoms with Crippen molar-refractivity contribution < 1.29 is 21.6 Å². The van der Waals surface area contributed by atoms with Gasteiger partial charge in [-0.2, -0.15) is 13.2 Å². The van der Waals surface area contributed by atoms with Crippen LogP contribution in [-0.4, -0.2) is 50.0 Å². The first-order valence-corrected chi connectivity index (χ1v) is 13.8. The molecule has 0 unspecified atom stereocenters. The molecule has 0 saturated carbocycles. The molecule has 0 bridgehead atoms. The standard InChI is InChI=1S/C27H30F3N3O3S/c1-17-13-20(18(2)31-23-7-5-6-8-25(23)37(4,35)36)21-15-24(32(3)26(34)22(21)14-17)19-9-11-33(12-10-19)16-27(28,29)30/h5-9,13-15,18,31H,10-12,16H2,1-4H3/t18-/m1/s1. The number of fused-ring (bicyclic) bond motifs is 1. The average molecular weight is 534 g/mol. The Morgan fingerprint density at radius 1 is 1.11 bits per heavy atom. The molecule has 0 amide bonds. The second-order valence-corrected chi connectivity index (χ2v) is 11.7. The van der Waals surface area contributed by atoms with Crippen molar-refractivity contribution in [3.05, 3.63) is 75.7 Å². The maximum Gasteiger partial charge on any atom is 0.401 e. The Kier molecular flexibility index (Phi) is 7.27. The molecule has 10 heteroatoms. The number of hydrogen-bond acceptors (Lipinski definition) is 5. The van der Waals surface area contributed by atoms with E-state index in [0.717, 1.165) is 28.3 Å². The largest absolute Gasteiger partial charge is 0.401 e. The van der Waals surface area contributed by atoms with Gasteiger partial charge >= 0.3 is 6.18 Å². The molecule has 0 aliphatic carbocycles. The zero-order valence-electron chi connectivity index (χ0n) is 21.2. The fourth-order valence-electron chi connectivity index (χ4n) is 4.91. The van der Waals surface area contributed by atoms with Crippen molar-refractivity contribution >= 4 is 31.9 Å². The summed E-state index contributed by atoms with van der Waals surface area (Å²) in [6.07, 6.45) is -0.948. The van der Waals surface area contributed by atoms with E-state index in [4.69, 9.17) is 0 Å². The van der Waals surface area contributed by atoms with Crippen molar-refractivity contribution in [3.63, 3.8) is 0 Å². The third-order valence-corrected chi connectivity index (χ3v) is 7.84. The number of aryl methyl sites for hydroxylation is 1. The van der Waals surface area contributed by atoms with E-state index in [9.17, 15) is 26.4 Å². The third-order valence-electron chi connectivity index (χ3n) is 6.68. The summed E-state index contributed by atoms with van der Waals surface area (Å²) in [4.78, 5) is 14.9. The first-order valence-electron chi connectivity index (χ1n) is 11.9. The lowest BCUT2D eigenvalue weighted by Gasteiger charge is -2.28. The average Bonchev–Trinajstić information content (AvgIpc) is 2.80. The van der Waals surface area contributed by atoms with Crippen LogP contribution in [0, 0.1) is 6.92 Å². The Balaban J connectivity index is 1.77. The van der Waals surface area contributed by atoms with Crippen molar-refractivity contribution in [2.45, 2.75) is 37.4 Å². The molecule has 0 saturated heterocycles. The summed E-state index contributed by atoms with van der Waals surface area (Å²) in [6, 6.07) is 12.0. The molecular formula is C27H30F3N3O3S. The Labute approximate surface area is 214 Å². The van der Waals surface area contributed by atoms with Gasteiger partial charge in [0.2, 0.25) is 0 Å². The number of anilines is 1. The Morgan fingerprint density at radius 2 is 1.81 bits per heavy atom. The fourth-order valence-corrected chi connectivity index (χ4v) is 5.77. The first kappa shape index (κ1) is 26.9. The minimum Gasteiger partial charge on any atom is -0.377 e. The summed E-state index contributed by atoms with van der Waals surface area (Å²) >= 11 is 0. The summed E-state index contributed by atoms with van der Waals surface area (Å²) in [5.74, 6) is 0. The number of pyridine rings is 1. The topological polar surface area (TPSA) is 71.4 Å². The Morgan fingerprint density at radius 3 is 2.43 bits per heavy atom. The second-order valence-electron chi connectivity index (χ2n) is 9.67. The molecule has 198 valence electrons. The lowest BCUT2D eigenvalue weighted by atomic mass is 9.94. The maximum atomic E-state index is 13.4. The van der Waals surface area contributed by atoms with Crippen LogP contribution in [0.15, 0.2) is 58.2 Å². The number of halogens is 3. The van der Waals surface area contributed by atoms with E-state index in [1.165, 1.54) is 4.90 Å². The third kappa shape index (κ3) is 5.91. The van der Waals surface area contributed by atoms with Crippen LogP contribution in [0.4, 0.5) is 18.9 Å². The number of rotatable bonds is 6. The molecule has 4 rings (SSSR count). The number of sulfone groups is 1. The Hall–Kier alpha value is -3.11. The predicted octanol–water partition coefficient (Wildman–Crippen LogP) is 5.07. The van der Waals surface area contributed by atoms with Crippen molar-refractivity contribution in [3.8, 4) is 0 Å². The van der Waals surface area contributed by atoms with Gasteiger partial charge in [0.15, 0.2) is 9.84 Å². The van der Waals surface area contributed by atoms with Crippen molar-refractivity contribution in [1.82, 2.24) is 9.47 Å². The van der Waals surface area contributed by atoms with E-state index in [-0.39, 0.29) is 29.6 Å². The molecule has 0 spiro atoms. The van der Waals surface area contributed by atoms with Crippen LogP contribution in [0.2, 0.25) is 0 Å². The van der Waals surface area contributed by atoms with Gasteiger partial charge in [-0.15, -0.1) is 0 Å². The van der Waals surface area contributed by atoms with Crippen LogP contribution < -0.4 is 10.9 Å². The number of benzene rings is 2. The number of nitrogens with zero attached hydrogens (tertiary/aromatic N) is 2. The van der Waals surface area contributed by atoms with Crippen molar-refractivity contribution in [1.29, 1.82) is 0 Å². The van der Waals surface area contributed by atoms with E-state index < -0.39 is 22.6 Å². The molecule has 6 nitrogen and oxygen atoms in total. The minimum absolute atomic E-state index is 0.155. The first-order chi connectivity index (χ1) is 17.2. The molecule has 1 aliphatic heterocycles. The number of para-hydroxylation sites is 1. The van der Waals surface area contributed by atoms with E-state index in [2.05, 4.69) is 5.32 Å². The van der Waals surface area contributed by atoms with Crippen LogP contribution in [0.25, 0.3) is 16.3 Å². The molecular weight excluding hydrogens is 503 g/mol. The number of aromatic nitrogens is 1. The van der Waals surface area contributed by atoms with Gasteiger partial charge < -0.3 is 9.88 Å². The zero-order chi connectivity index (χ0) is 27.1. The van der Waals surface area contributed by atoms with E-state index >= 15 is 0 Å². The highest BCUT2D eigenvalue weighted by Crippen LogP contribution is 2.32. The Bertz CT molecular complexity index is 1540. The molecule has 1 aliphatic rings. The SMILES string of the molecule is Cc1cc([C@@H](C)Nc2ccccc2S(C)(=O)=O)c2cc(C3=CCN(CC(F)(F)F)CC3)n(C)c(=O)c2c1. The molecule has 37 heavy (non-hydrogen) atoms. The van der Waals surface area contributed by atoms with Crippen molar-refractivity contribution in [2.24, 2.45) is 7.05 Å². The number of hydrogen-bond donors (Lipinski definition) is 1. The highest BCUT2D eigenvalue weighted by Gasteiger charge is 2.31. The van der Waals surface area contributed by atoms with Crippen LogP contribution >= 0.6 is 0 Å². The van der Waals surface area contributed by atoms with Gasteiger partial charge in [-0.1, -0.05) is 24.3 Å². The van der Waals surface area contributed by atoms with Gasteiger partial charge in [0, 0.05) is 43.5 Å².